The monoisotopic (exact) mass is 362 g/mol. The van der Waals surface area contributed by atoms with E-state index in [0.717, 1.165) is 16.5 Å². The molecular formula is C18H22N2O4S. The van der Waals surface area contributed by atoms with E-state index in [9.17, 15) is 13.2 Å². The molecule has 2 aromatic carbocycles. The Balaban J connectivity index is 1.96. The lowest BCUT2D eigenvalue weighted by molar-refractivity contribution is -0.0258. The van der Waals surface area contributed by atoms with Crippen LogP contribution >= 0.6 is 0 Å². The molecule has 25 heavy (non-hydrogen) atoms. The van der Waals surface area contributed by atoms with Crippen LogP contribution in [-0.4, -0.2) is 39.5 Å². The van der Waals surface area contributed by atoms with Crippen molar-refractivity contribution in [1.82, 2.24) is 9.79 Å². The summed E-state index contributed by atoms with van der Waals surface area (Å²) in [6.07, 6.45) is 0.735. The maximum atomic E-state index is 12.2. The summed E-state index contributed by atoms with van der Waals surface area (Å²) in [6, 6.07) is 13.9. The van der Waals surface area contributed by atoms with Gasteiger partial charge in [0.05, 0.1) is 12.0 Å². The van der Waals surface area contributed by atoms with Gasteiger partial charge in [-0.15, -0.1) is 0 Å². The molecule has 0 saturated heterocycles. The van der Waals surface area contributed by atoms with Gasteiger partial charge in [-0.1, -0.05) is 34.3 Å². The van der Waals surface area contributed by atoms with Gasteiger partial charge in [0.25, 0.3) is 15.9 Å². The SMILES string of the molecule is CON(C)S(=O)(=O)c1ccc(C(=O)NCCc2cccc(C)c2)cc1. The van der Waals surface area contributed by atoms with E-state index in [1.807, 2.05) is 25.1 Å². The fraction of sp³-hybridized carbons (Fsp3) is 0.278. The topological polar surface area (TPSA) is 75.7 Å². The van der Waals surface area contributed by atoms with Crippen LogP contribution in [0.5, 0.6) is 0 Å². The van der Waals surface area contributed by atoms with Crippen LogP contribution in [0.25, 0.3) is 0 Å². The van der Waals surface area contributed by atoms with Crippen molar-refractivity contribution in [2.75, 3.05) is 20.7 Å². The number of carbonyl (C=O) groups is 1. The molecule has 6 nitrogen and oxygen atoms in total. The van der Waals surface area contributed by atoms with Gasteiger partial charge >= 0.3 is 0 Å². The second-order valence-corrected chi connectivity index (χ2v) is 7.55. The Hall–Kier alpha value is -2.22. The predicted octanol–water partition coefficient (Wildman–Crippen LogP) is 2.15. The third-order valence-corrected chi connectivity index (χ3v) is 5.49. The number of benzene rings is 2. The van der Waals surface area contributed by atoms with E-state index in [0.29, 0.717) is 12.1 Å². The minimum atomic E-state index is -3.71. The van der Waals surface area contributed by atoms with Crippen LogP contribution in [0.1, 0.15) is 21.5 Å². The first-order valence-corrected chi connectivity index (χ1v) is 9.25. The lowest BCUT2D eigenvalue weighted by Gasteiger charge is -2.14. The summed E-state index contributed by atoms with van der Waals surface area (Å²) in [4.78, 5) is 16.9. The van der Waals surface area contributed by atoms with Crippen LogP contribution in [-0.2, 0) is 21.3 Å². The van der Waals surface area contributed by atoms with Gasteiger partial charge in [0.1, 0.15) is 0 Å². The number of nitrogens with one attached hydrogen (secondary N) is 1. The number of hydrogen-bond acceptors (Lipinski definition) is 4. The fourth-order valence-electron chi connectivity index (χ4n) is 2.31. The molecule has 0 radical (unpaired) electrons. The first kappa shape index (κ1) is 19.1. The van der Waals surface area contributed by atoms with Crippen molar-refractivity contribution in [2.24, 2.45) is 0 Å². The number of sulfonamides is 1. The first-order chi connectivity index (χ1) is 11.8. The standard InChI is InChI=1S/C18H22N2O4S/c1-14-5-4-6-15(13-14)11-12-19-18(21)16-7-9-17(10-8-16)25(22,23)20(2)24-3/h4-10,13H,11-12H2,1-3H3,(H,19,21). The molecule has 1 amide bonds. The summed E-state index contributed by atoms with van der Waals surface area (Å²) in [7, 11) is -1.13. The van der Waals surface area contributed by atoms with E-state index in [1.165, 1.54) is 44.0 Å². The molecule has 134 valence electrons. The zero-order chi connectivity index (χ0) is 18.4. The third-order valence-electron chi connectivity index (χ3n) is 3.79. The van der Waals surface area contributed by atoms with Crippen LogP contribution in [0.3, 0.4) is 0 Å². The van der Waals surface area contributed by atoms with Gasteiger partial charge in [0.2, 0.25) is 0 Å². The molecule has 2 aromatic rings. The van der Waals surface area contributed by atoms with Gasteiger partial charge < -0.3 is 5.32 Å². The van der Waals surface area contributed by atoms with Gasteiger partial charge in [-0.3, -0.25) is 9.63 Å². The number of rotatable bonds is 7. The lowest BCUT2D eigenvalue weighted by atomic mass is 10.1. The summed E-state index contributed by atoms with van der Waals surface area (Å²) in [6.45, 7) is 2.54. The highest BCUT2D eigenvalue weighted by molar-refractivity contribution is 7.89. The van der Waals surface area contributed by atoms with Gasteiger partial charge in [-0.05, 0) is 43.2 Å². The quantitative estimate of drug-likeness (QED) is 0.766. The smallest absolute Gasteiger partial charge is 0.264 e. The molecule has 0 aromatic heterocycles. The molecule has 0 fully saturated rings. The molecule has 0 aliphatic carbocycles. The molecular weight excluding hydrogens is 340 g/mol. The Morgan fingerprint density at radius 3 is 2.44 bits per heavy atom. The summed E-state index contributed by atoms with van der Waals surface area (Å²) in [5.74, 6) is -0.239. The molecule has 0 aliphatic heterocycles. The fourth-order valence-corrected chi connectivity index (χ4v) is 3.29. The van der Waals surface area contributed by atoms with Gasteiger partial charge in [0.15, 0.2) is 0 Å². The van der Waals surface area contributed by atoms with Crippen molar-refractivity contribution in [3.63, 3.8) is 0 Å². The molecule has 2 rings (SSSR count). The first-order valence-electron chi connectivity index (χ1n) is 7.81. The minimum Gasteiger partial charge on any atom is -0.352 e. The molecule has 1 N–H and O–H groups in total. The predicted molar refractivity (Wildman–Crippen MR) is 95.6 cm³/mol. The normalized spacial score (nSPS) is 11.5. The van der Waals surface area contributed by atoms with Crippen LogP contribution in [0, 0.1) is 6.92 Å². The van der Waals surface area contributed by atoms with Gasteiger partial charge in [-0.2, -0.15) is 0 Å². The number of aryl methyl sites for hydroxylation is 1. The van der Waals surface area contributed by atoms with Crippen LogP contribution in [0.2, 0.25) is 0 Å². The average Bonchev–Trinajstić information content (AvgIpc) is 2.61. The van der Waals surface area contributed by atoms with E-state index in [4.69, 9.17) is 4.84 Å². The number of hydroxylamine groups is 1. The summed E-state index contributed by atoms with van der Waals surface area (Å²) in [5.41, 5.74) is 2.74. The highest BCUT2D eigenvalue weighted by Crippen LogP contribution is 2.15. The molecule has 0 bridgehead atoms. The molecule has 0 atom stereocenters. The molecule has 0 saturated carbocycles. The van der Waals surface area contributed by atoms with Crippen molar-refractivity contribution in [3.8, 4) is 0 Å². The minimum absolute atomic E-state index is 0.0631. The Morgan fingerprint density at radius 2 is 1.84 bits per heavy atom. The molecule has 7 heteroatoms. The maximum absolute atomic E-state index is 12.2. The van der Waals surface area contributed by atoms with Crippen molar-refractivity contribution in [2.45, 2.75) is 18.2 Å². The second-order valence-electron chi connectivity index (χ2n) is 5.62. The van der Waals surface area contributed by atoms with Crippen molar-refractivity contribution in [3.05, 3.63) is 65.2 Å². The maximum Gasteiger partial charge on any atom is 0.264 e. The molecule has 0 unspecified atom stereocenters. The van der Waals surface area contributed by atoms with E-state index in [-0.39, 0.29) is 10.8 Å². The van der Waals surface area contributed by atoms with E-state index < -0.39 is 10.0 Å². The van der Waals surface area contributed by atoms with E-state index in [2.05, 4.69) is 11.4 Å². The van der Waals surface area contributed by atoms with Crippen LogP contribution in [0.15, 0.2) is 53.4 Å². The second kappa shape index (κ2) is 8.24. The number of nitrogens with zero attached hydrogens (tertiary/aromatic N) is 1. The summed E-state index contributed by atoms with van der Waals surface area (Å²) < 4.78 is 25.0. The number of hydrogen-bond donors (Lipinski definition) is 1. The molecule has 0 aliphatic rings. The van der Waals surface area contributed by atoms with Crippen molar-refractivity contribution < 1.29 is 18.0 Å². The Labute approximate surface area is 148 Å². The summed E-state index contributed by atoms with van der Waals surface area (Å²) in [5, 5.41) is 2.84. The Kier molecular flexibility index (Phi) is 6.30. The summed E-state index contributed by atoms with van der Waals surface area (Å²) >= 11 is 0. The number of amides is 1. The zero-order valence-electron chi connectivity index (χ0n) is 14.5. The number of carbonyl (C=O) groups excluding carboxylic acids is 1. The third kappa shape index (κ3) is 4.88. The highest BCUT2D eigenvalue weighted by atomic mass is 32.2. The van der Waals surface area contributed by atoms with Crippen LogP contribution in [0.4, 0.5) is 0 Å². The van der Waals surface area contributed by atoms with Crippen LogP contribution < -0.4 is 5.32 Å². The largest absolute Gasteiger partial charge is 0.352 e. The Morgan fingerprint density at radius 1 is 1.16 bits per heavy atom. The molecule has 0 spiro atoms. The van der Waals surface area contributed by atoms with E-state index in [1.54, 1.807) is 0 Å². The Bertz CT molecular complexity index is 832. The zero-order valence-corrected chi connectivity index (χ0v) is 15.3. The lowest BCUT2D eigenvalue weighted by Crippen LogP contribution is -2.27. The van der Waals surface area contributed by atoms with Gasteiger partial charge in [-0.25, -0.2) is 8.42 Å². The van der Waals surface area contributed by atoms with Crippen molar-refractivity contribution >= 4 is 15.9 Å². The molecule has 0 heterocycles. The van der Waals surface area contributed by atoms with E-state index >= 15 is 0 Å². The highest BCUT2D eigenvalue weighted by Gasteiger charge is 2.20. The van der Waals surface area contributed by atoms with Crippen molar-refractivity contribution in [1.29, 1.82) is 0 Å². The average molecular weight is 362 g/mol. The van der Waals surface area contributed by atoms with Gasteiger partial charge in [0, 0.05) is 19.2 Å².